The van der Waals surface area contributed by atoms with E-state index in [1.807, 2.05) is 0 Å². The van der Waals surface area contributed by atoms with E-state index in [9.17, 15) is 4.79 Å². The van der Waals surface area contributed by atoms with Crippen LogP contribution in [0.5, 0.6) is 0 Å². The van der Waals surface area contributed by atoms with Crippen molar-refractivity contribution in [1.82, 2.24) is 10.2 Å². The Labute approximate surface area is 111 Å². The first-order chi connectivity index (χ1) is 7.81. The third-order valence-corrected chi connectivity index (χ3v) is 4.01. The average Bonchev–Trinajstić information content (AvgIpc) is 2.91. The molecule has 1 atom stereocenters. The highest BCUT2D eigenvalue weighted by atomic mass is 35.5. The molecule has 1 aliphatic carbocycles. The lowest BCUT2D eigenvalue weighted by molar-refractivity contribution is -0.133. The Bertz CT molecular complexity index is 236. The van der Waals surface area contributed by atoms with Crippen LogP contribution in [0.25, 0.3) is 0 Å². The third-order valence-electron chi connectivity index (χ3n) is 4.01. The van der Waals surface area contributed by atoms with Crippen LogP contribution in [-0.4, -0.2) is 36.0 Å². The fraction of sp³-hybridized carbons (Fsp3) is 0.923. The fourth-order valence-electron chi connectivity index (χ4n) is 3.11. The van der Waals surface area contributed by atoms with Gasteiger partial charge in [-0.25, -0.2) is 0 Å². The van der Waals surface area contributed by atoms with Crippen LogP contribution in [0.1, 0.15) is 51.9 Å². The van der Waals surface area contributed by atoms with Crippen LogP contribution in [0.2, 0.25) is 0 Å². The molecule has 2 fully saturated rings. The highest BCUT2D eigenvalue weighted by Gasteiger charge is 2.27. The van der Waals surface area contributed by atoms with Gasteiger partial charge in [0, 0.05) is 25.0 Å². The monoisotopic (exact) mass is 260 g/mol. The van der Waals surface area contributed by atoms with E-state index in [1.165, 1.54) is 38.5 Å². The number of rotatable bonds is 4. The maximum atomic E-state index is 12.2. The Morgan fingerprint density at radius 3 is 2.47 bits per heavy atom. The van der Waals surface area contributed by atoms with Gasteiger partial charge in [0.1, 0.15) is 0 Å². The van der Waals surface area contributed by atoms with Crippen molar-refractivity contribution >= 4 is 18.3 Å². The zero-order valence-corrected chi connectivity index (χ0v) is 11.6. The summed E-state index contributed by atoms with van der Waals surface area (Å²) < 4.78 is 0. The first-order valence-corrected chi connectivity index (χ1v) is 6.84. The highest BCUT2D eigenvalue weighted by Crippen LogP contribution is 2.24. The van der Waals surface area contributed by atoms with Gasteiger partial charge in [0.25, 0.3) is 0 Å². The Hall–Kier alpha value is -0.280. The molecule has 0 radical (unpaired) electrons. The molecule has 2 rings (SSSR count). The van der Waals surface area contributed by atoms with Crippen LogP contribution < -0.4 is 5.32 Å². The second-order valence-electron chi connectivity index (χ2n) is 5.12. The number of nitrogens with zero attached hydrogens (tertiary/aromatic N) is 1. The summed E-state index contributed by atoms with van der Waals surface area (Å²) >= 11 is 0. The van der Waals surface area contributed by atoms with Crippen molar-refractivity contribution in [2.75, 3.05) is 13.1 Å². The Balaban J connectivity index is 0.00000144. The van der Waals surface area contributed by atoms with E-state index in [4.69, 9.17) is 0 Å². The minimum atomic E-state index is 0. The molecule has 1 unspecified atom stereocenters. The SMILES string of the molecule is CCN(C(=O)CC1CCCN1)C1CCCC1.Cl. The summed E-state index contributed by atoms with van der Waals surface area (Å²) in [5, 5.41) is 3.41. The van der Waals surface area contributed by atoms with E-state index >= 15 is 0 Å². The summed E-state index contributed by atoms with van der Waals surface area (Å²) in [6.45, 7) is 4.09. The van der Waals surface area contributed by atoms with E-state index in [2.05, 4.69) is 17.1 Å². The largest absolute Gasteiger partial charge is 0.340 e. The van der Waals surface area contributed by atoms with Crippen molar-refractivity contribution in [3.05, 3.63) is 0 Å². The van der Waals surface area contributed by atoms with Gasteiger partial charge >= 0.3 is 0 Å². The summed E-state index contributed by atoms with van der Waals surface area (Å²) in [4.78, 5) is 14.3. The topological polar surface area (TPSA) is 32.3 Å². The summed E-state index contributed by atoms with van der Waals surface area (Å²) in [6.07, 6.45) is 8.16. The van der Waals surface area contributed by atoms with E-state index in [0.29, 0.717) is 24.4 Å². The lowest BCUT2D eigenvalue weighted by atomic mass is 10.1. The second kappa shape index (κ2) is 7.22. The quantitative estimate of drug-likeness (QED) is 0.842. The first-order valence-electron chi connectivity index (χ1n) is 6.84. The zero-order chi connectivity index (χ0) is 11.4. The number of carbonyl (C=O) groups is 1. The second-order valence-corrected chi connectivity index (χ2v) is 5.12. The Morgan fingerprint density at radius 1 is 1.24 bits per heavy atom. The van der Waals surface area contributed by atoms with Crippen LogP contribution >= 0.6 is 12.4 Å². The van der Waals surface area contributed by atoms with Gasteiger partial charge in [-0.1, -0.05) is 12.8 Å². The Kier molecular flexibility index (Phi) is 6.28. The van der Waals surface area contributed by atoms with Crippen molar-refractivity contribution in [2.45, 2.75) is 64.0 Å². The average molecular weight is 261 g/mol. The number of hydrogen-bond acceptors (Lipinski definition) is 2. The smallest absolute Gasteiger partial charge is 0.224 e. The number of nitrogens with one attached hydrogen (secondary N) is 1. The van der Waals surface area contributed by atoms with Crippen LogP contribution in [-0.2, 0) is 4.79 Å². The number of halogens is 1. The van der Waals surface area contributed by atoms with Crippen LogP contribution in [0.3, 0.4) is 0 Å². The molecule has 1 amide bonds. The predicted octanol–water partition coefficient (Wildman–Crippen LogP) is 2.34. The lowest BCUT2D eigenvalue weighted by Gasteiger charge is -2.28. The van der Waals surface area contributed by atoms with Crippen LogP contribution in [0.15, 0.2) is 0 Å². The minimum Gasteiger partial charge on any atom is -0.340 e. The maximum Gasteiger partial charge on any atom is 0.224 e. The molecule has 0 aromatic heterocycles. The van der Waals surface area contributed by atoms with E-state index < -0.39 is 0 Å². The first kappa shape index (κ1) is 14.8. The van der Waals surface area contributed by atoms with Gasteiger partial charge in [-0.05, 0) is 39.2 Å². The molecule has 1 heterocycles. The molecule has 1 saturated carbocycles. The number of hydrogen-bond donors (Lipinski definition) is 1. The Morgan fingerprint density at radius 2 is 1.94 bits per heavy atom. The maximum absolute atomic E-state index is 12.2. The normalized spacial score (nSPS) is 24.6. The summed E-state index contributed by atoms with van der Waals surface area (Å²) in [5.41, 5.74) is 0. The van der Waals surface area contributed by atoms with Crippen molar-refractivity contribution in [1.29, 1.82) is 0 Å². The lowest BCUT2D eigenvalue weighted by Crippen LogP contribution is -2.41. The van der Waals surface area contributed by atoms with Crippen molar-refractivity contribution in [2.24, 2.45) is 0 Å². The number of amides is 1. The van der Waals surface area contributed by atoms with Crippen LogP contribution in [0.4, 0.5) is 0 Å². The van der Waals surface area contributed by atoms with E-state index in [1.54, 1.807) is 0 Å². The molecule has 4 heteroatoms. The van der Waals surface area contributed by atoms with Gasteiger partial charge in [-0.3, -0.25) is 4.79 Å². The summed E-state index contributed by atoms with van der Waals surface area (Å²) in [6, 6.07) is 0.988. The molecule has 0 aromatic carbocycles. The fourth-order valence-corrected chi connectivity index (χ4v) is 3.11. The molecular weight excluding hydrogens is 236 g/mol. The standard InChI is InChI=1S/C13H24N2O.ClH/c1-2-15(12-7-3-4-8-12)13(16)10-11-6-5-9-14-11;/h11-12,14H,2-10H2,1H3;1H. The molecular formula is C13H25ClN2O. The van der Waals surface area contributed by atoms with Gasteiger partial charge in [0.15, 0.2) is 0 Å². The predicted molar refractivity (Wildman–Crippen MR) is 72.5 cm³/mol. The molecule has 1 aliphatic heterocycles. The molecule has 0 aromatic rings. The number of carbonyl (C=O) groups excluding carboxylic acids is 1. The molecule has 0 spiro atoms. The van der Waals surface area contributed by atoms with Gasteiger partial charge in [0.05, 0.1) is 0 Å². The van der Waals surface area contributed by atoms with Gasteiger partial charge in [-0.15, -0.1) is 12.4 Å². The van der Waals surface area contributed by atoms with E-state index in [-0.39, 0.29) is 12.4 Å². The van der Waals surface area contributed by atoms with Crippen molar-refractivity contribution in [3.63, 3.8) is 0 Å². The zero-order valence-electron chi connectivity index (χ0n) is 10.8. The molecule has 3 nitrogen and oxygen atoms in total. The minimum absolute atomic E-state index is 0. The highest BCUT2D eigenvalue weighted by molar-refractivity contribution is 5.85. The molecule has 100 valence electrons. The third kappa shape index (κ3) is 3.85. The molecule has 0 bridgehead atoms. The molecule has 1 saturated heterocycles. The van der Waals surface area contributed by atoms with Gasteiger partial charge in [0.2, 0.25) is 5.91 Å². The van der Waals surface area contributed by atoms with Gasteiger partial charge < -0.3 is 10.2 Å². The van der Waals surface area contributed by atoms with E-state index in [0.717, 1.165) is 13.1 Å². The molecule has 2 aliphatic rings. The summed E-state index contributed by atoms with van der Waals surface area (Å²) in [7, 11) is 0. The molecule has 17 heavy (non-hydrogen) atoms. The summed E-state index contributed by atoms with van der Waals surface area (Å²) in [5.74, 6) is 0.369. The van der Waals surface area contributed by atoms with Crippen molar-refractivity contribution in [3.8, 4) is 0 Å². The van der Waals surface area contributed by atoms with Crippen LogP contribution in [0, 0.1) is 0 Å². The molecule has 1 N–H and O–H groups in total. The van der Waals surface area contributed by atoms with Gasteiger partial charge in [-0.2, -0.15) is 0 Å². The van der Waals surface area contributed by atoms with Crippen molar-refractivity contribution < 1.29 is 4.79 Å².